The predicted octanol–water partition coefficient (Wildman–Crippen LogP) is 4.31. The molecule has 0 saturated carbocycles. The molecule has 2 aliphatic rings. The molecular formula is C18H10ClO2PS. The van der Waals surface area contributed by atoms with Crippen molar-refractivity contribution in [3.05, 3.63) is 65.7 Å². The minimum Gasteiger partial charge on any atom is -0.456 e. The van der Waals surface area contributed by atoms with Crippen LogP contribution in [0.25, 0.3) is 0 Å². The molecule has 0 atom stereocenters. The summed E-state index contributed by atoms with van der Waals surface area (Å²) >= 11 is 12.6. The smallest absolute Gasteiger partial charge is 0.141 e. The van der Waals surface area contributed by atoms with Crippen molar-refractivity contribution in [2.24, 2.45) is 0 Å². The Kier molecular flexibility index (Phi) is 2.73. The molecule has 2 aliphatic heterocycles. The lowest BCUT2D eigenvalue weighted by molar-refractivity contribution is 0.466. The zero-order valence-electron chi connectivity index (χ0n) is 11.8. The first-order valence-electron chi connectivity index (χ1n) is 7.17. The molecule has 0 spiro atoms. The Bertz CT molecular complexity index is 957. The quantitative estimate of drug-likeness (QED) is 0.385. The molecular weight excluding hydrogens is 347 g/mol. The zero-order valence-corrected chi connectivity index (χ0v) is 14.3. The lowest BCUT2D eigenvalue weighted by atomic mass is 10.2. The highest BCUT2D eigenvalue weighted by Crippen LogP contribution is 2.58. The molecule has 0 aliphatic carbocycles. The predicted molar refractivity (Wildman–Crippen MR) is 97.7 cm³/mol. The van der Waals surface area contributed by atoms with Gasteiger partial charge in [-0.2, -0.15) is 0 Å². The molecule has 2 nitrogen and oxygen atoms in total. The molecule has 0 aromatic heterocycles. The highest BCUT2D eigenvalue weighted by atomic mass is 35.5. The van der Waals surface area contributed by atoms with Gasteiger partial charge in [-0.25, -0.2) is 0 Å². The number of rotatable bonds is 0. The van der Waals surface area contributed by atoms with Gasteiger partial charge in [0.2, 0.25) is 0 Å². The highest BCUT2D eigenvalue weighted by molar-refractivity contribution is 8.26. The van der Waals surface area contributed by atoms with Crippen LogP contribution in [0.1, 0.15) is 0 Å². The van der Waals surface area contributed by atoms with Gasteiger partial charge in [0, 0.05) is 27.8 Å². The molecule has 2 heterocycles. The van der Waals surface area contributed by atoms with E-state index in [2.05, 4.69) is 12.1 Å². The van der Waals surface area contributed by atoms with Gasteiger partial charge >= 0.3 is 0 Å². The first-order chi connectivity index (χ1) is 11.2. The first kappa shape index (κ1) is 13.6. The minimum atomic E-state index is -2.21. The van der Waals surface area contributed by atoms with Gasteiger partial charge in [0.25, 0.3) is 0 Å². The average molecular weight is 357 g/mol. The van der Waals surface area contributed by atoms with E-state index in [4.69, 9.17) is 32.9 Å². The van der Waals surface area contributed by atoms with Crippen LogP contribution in [0.3, 0.4) is 0 Å². The minimum absolute atomic E-state index is 0.582. The summed E-state index contributed by atoms with van der Waals surface area (Å²) < 4.78 is 12.2. The van der Waals surface area contributed by atoms with Crippen LogP contribution in [0, 0.1) is 0 Å². The van der Waals surface area contributed by atoms with Crippen molar-refractivity contribution < 1.29 is 9.47 Å². The van der Waals surface area contributed by atoms with E-state index in [0.29, 0.717) is 16.5 Å². The fourth-order valence-corrected chi connectivity index (χ4v) is 7.91. The Labute approximate surface area is 143 Å². The topological polar surface area (TPSA) is 18.5 Å². The second kappa shape index (κ2) is 4.61. The molecule has 3 aromatic rings. The molecule has 0 radical (unpaired) electrons. The lowest BCUT2D eigenvalue weighted by Crippen LogP contribution is -2.34. The van der Waals surface area contributed by atoms with Gasteiger partial charge in [0.1, 0.15) is 23.0 Å². The van der Waals surface area contributed by atoms with Crippen LogP contribution in [0.15, 0.2) is 60.7 Å². The molecule has 0 fully saturated rings. The second-order valence-electron chi connectivity index (χ2n) is 5.50. The molecule has 23 heavy (non-hydrogen) atoms. The number of halogens is 1. The summed E-state index contributed by atoms with van der Waals surface area (Å²) in [5.41, 5.74) is 0. The standard InChI is InChI=1S/C18H10ClO2PS/c19-11-9-14-18-15(10-11)21-13-6-2-4-8-17(13)22(18,23)16-7-3-1-5-12(16)20-14/h1-10H. The van der Waals surface area contributed by atoms with Gasteiger partial charge in [-0.3, -0.25) is 0 Å². The number of ether oxygens (including phenoxy) is 2. The number of fused-ring (bicyclic) bond motifs is 4. The number of benzene rings is 3. The third kappa shape index (κ3) is 1.73. The van der Waals surface area contributed by atoms with E-state index in [1.165, 1.54) is 0 Å². The van der Waals surface area contributed by atoms with E-state index < -0.39 is 6.04 Å². The van der Waals surface area contributed by atoms with E-state index in [-0.39, 0.29) is 0 Å². The molecule has 0 amide bonds. The number of hydrogen-bond donors (Lipinski definition) is 0. The van der Waals surface area contributed by atoms with E-state index in [9.17, 15) is 0 Å². The van der Waals surface area contributed by atoms with Crippen molar-refractivity contribution in [1.29, 1.82) is 0 Å². The normalized spacial score (nSPS) is 15.5. The van der Waals surface area contributed by atoms with Crippen molar-refractivity contribution >= 4 is 45.4 Å². The van der Waals surface area contributed by atoms with Crippen LogP contribution < -0.4 is 25.4 Å². The SMILES string of the molecule is S=P12c3ccccc3Oc3cc(Cl)cc(c31)Oc1ccccc12. The maximum Gasteiger partial charge on any atom is 0.141 e. The molecule has 112 valence electrons. The fourth-order valence-electron chi connectivity index (χ4n) is 3.23. The van der Waals surface area contributed by atoms with Crippen LogP contribution in [-0.4, -0.2) is 0 Å². The lowest BCUT2D eigenvalue weighted by Gasteiger charge is -2.37. The van der Waals surface area contributed by atoms with Gasteiger partial charge < -0.3 is 9.47 Å². The molecule has 3 aromatic carbocycles. The molecule has 0 N–H and O–H groups in total. The summed E-state index contributed by atoms with van der Waals surface area (Å²) in [6.45, 7) is 0. The van der Waals surface area contributed by atoms with E-state index in [0.717, 1.165) is 27.4 Å². The molecule has 5 rings (SSSR count). The summed E-state index contributed by atoms with van der Waals surface area (Å²) in [6, 6.07) is 17.5. The maximum atomic E-state index is 6.31. The van der Waals surface area contributed by atoms with Crippen molar-refractivity contribution in [2.45, 2.75) is 0 Å². The van der Waals surface area contributed by atoms with Crippen molar-refractivity contribution in [1.82, 2.24) is 0 Å². The van der Waals surface area contributed by atoms with Crippen LogP contribution in [0.5, 0.6) is 23.0 Å². The second-order valence-corrected chi connectivity index (χ2v) is 10.2. The summed E-state index contributed by atoms with van der Waals surface area (Å²) in [4.78, 5) is 0. The van der Waals surface area contributed by atoms with Gasteiger partial charge in [0.05, 0.1) is 11.3 Å². The summed E-state index contributed by atoms with van der Waals surface area (Å²) in [7, 11) is 0. The molecule has 0 unspecified atom stereocenters. The highest BCUT2D eigenvalue weighted by Gasteiger charge is 2.42. The van der Waals surface area contributed by atoms with E-state index in [1.807, 2.05) is 48.5 Å². The van der Waals surface area contributed by atoms with Crippen LogP contribution in [-0.2, 0) is 11.8 Å². The number of para-hydroxylation sites is 2. The largest absolute Gasteiger partial charge is 0.456 e. The maximum absolute atomic E-state index is 6.31. The Morgan fingerprint density at radius 2 is 1.22 bits per heavy atom. The Morgan fingerprint density at radius 3 is 1.74 bits per heavy atom. The van der Waals surface area contributed by atoms with Crippen molar-refractivity contribution in [2.75, 3.05) is 0 Å². The average Bonchev–Trinajstić information content (AvgIpc) is 2.54. The van der Waals surface area contributed by atoms with Gasteiger partial charge in [-0.05, 0) is 24.3 Å². The zero-order chi connectivity index (χ0) is 15.6. The summed E-state index contributed by atoms with van der Waals surface area (Å²) in [5, 5.41) is 3.69. The summed E-state index contributed by atoms with van der Waals surface area (Å²) in [5.74, 6) is 3.05. The summed E-state index contributed by atoms with van der Waals surface area (Å²) in [6.07, 6.45) is 0. The third-order valence-corrected chi connectivity index (χ3v) is 9.28. The van der Waals surface area contributed by atoms with Gasteiger partial charge in [-0.1, -0.05) is 47.7 Å². The number of hydrogen-bond acceptors (Lipinski definition) is 3. The molecule has 0 bridgehead atoms. The first-order valence-corrected chi connectivity index (χ1v) is 10.3. The van der Waals surface area contributed by atoms with Gasteiger partial charge in [0.15, 0.2) is 0 Å². The van der Waals surface area contributed by atoms with Crippen molar-refractivity contribution in [3.63, 3.8) is 0 Å². The van der Waals surface area contributed by atoms with E-state index in [1.54, 1.807) is 0 Å². The van der Waals surface area contributed by atoms with Crippen LogP contribution in [0.2, 0.25) is 5.02 Å². The van der Waals surface area contributed by atoms with E-state index >= 15 is 0 Å². The van der Waals surface area contributed by atoms with Crippen LogP contribution >= 0.6 is 17.6 Å². The van der Waals surface area contributed by atoms with Crippen molar-refractivity contribution in [3.8, 4) is 23.0 Å². The van der Waals surface area contributed by atoms with Gasteiger partial charge in [-0.15, -0.1) is 0 Å². The Hall–Kier alpha value is -1.80. The Balaban J connectivity index is 1.97. The molecule has 0 saturated heterocycles. The monoisotopic (exact) mass is 356 g/mol. The Morgan fingerprint density at radius 1 is 0.739 bits per heavy atom. The van der Waals surface area contributed by atoms with Crippen LogP contribution in [0.4, 0.5) is 0 Å². The fraction of sp³-hybridized carbons (Fsp3) is 0. The molecule has 5 heteroatoms. The third-order valence-electron chi connectivity index (χ3n) is 4.17.